The highest BCUT2D eigenvalue weighted by molar-refractivity contribution is 7.26. The Morgan fingerprint density at radius 1 is 0.750 bits per heavy atom. The van der Waals surface area contributed by atoms with Crippen LogP contribution in [0.15, 0.2) is 126 Å². The fraction of sp³-hybridized carbons (Fsp3) is 0.114. The SMILES string of the molecule is CNC(N(C)/C(=N\Cc1ccccc1)c1ccccc1)n1c2ccccc2c2ccc3c4ccccc4sc3c21. The number of rotatable bonds is 6. The topological polar surface area (TPSA) is 32.6 Å². The molecule has 0 fully saturated rings. The van der Waals surface area contributed by atoms with Crippen LogP contribution in [0.5, 0.6) is 0 Å². The molecule has 5 heteroatoms. The Morgan fingerprint density at radius 2 is 1.40 bits per heavy atom. The molecule has 0 radical (unpaired) electrons. The number of amidine groups is 1. The minimum absolute atomic E-state index is 0.173. The van der Waals surface area contributed by atoms with Gasteiger partial charge in [-0.1, -0.05) is 109 Å². The molecule has 196 valence electrons. The molecule has 40 heavy (non-hydrogen) atoms. The zero-order chi connectivity index (χ0) is 27.1. The van der Waals surface area contributed by atoms with Crippen LogP contribution < -0.4 is 5.32 Å². The van der Waals surface area contributed by atoms with E-state index in [1.165, 1.54) is 47.5 Å². The van der Waals surface area contributed by atoms with Gasteiger partial charge in [0.15, 0.2) is 6.29 Å². The summed E-state index contributed by atoms with van der Waals surface area (Å²) < 4.78 is 5.08. The number of hydrogen-bond acceptors (Lipinski definition) is 3. The van der Waals surface area contributed by atoms with Gasteiger partial charge in [-0.25, -0.2) is 0 Å². The van der Waals surface area contributed by atoms with Crippen LogP contribution in [0.2, 0.25) is 0 Å². The maximum atomic E-state index is 5.19. The van der Waals surface area contributed by atoms with Gasteiger partial charge in [-0.15, -0.1) is 11.3 Å². The van der Waals surface area contributed by atoms with Gasteiger partial charge in [-0.2, -0.15) is 0 Å². The van der Waals surface area contributed by atoms with E-state index in [-0.39, 0.29) is 6.29 Å². The third-order valence-corrected chi connectivity index (χ3v) is 8.90. The highest BCUT2D eigenvalue weighted by Gasteiger charge is 2.25. The molecule has 1 N–H and O–H groups in total. The van der Waals surface area contributed by atoms with Gasteiger partial charge in [-0.05, 0) is 24.7 Å². The van der Waals surface area contributed by atoms with Crippen molar-refractivity contribution in [3.05, 3.63) is 132 Å². The summed E-state index contributed by atoms with van der Waals surface area (Å²) in [7, 11) is 4.18. The minimum Gasteiger partial charge on any atom is -0.326 e. The lowest BCUT2D eigenvalue weighted by molar-refractivity contribution is 0.248. The predicted molar refractivity (Wildman–Crippen MR) is 171 cm³/mol. The zero-order valence-electron chi connectivity index (χ0n) is 22.6. The molecule has 0 amide bonds. The van der Waals surface area contributed by atoms with Crippen molar-refractivity contribution in [3.63, 3.8) is 0 Å². The molecule has 7 aromatic rings. The van der Waals surface area contributed by atoms with E-state index in [0.717, 1.165) is 11.4 Å². The van der Waals surface area contributed by atoms with Gasteiger partial charge in [0, 0.05) is 38.9 Å². The van der Waals surface area contributed by atoms with Crippen molar-refractivity contribution in [2.24, 2.45) is 4.99 Å². The Morgan fingerprint density at radius 3 is 2.17 bits per heavy atom. The van der Waals surface area contributed by atoms with E-state index in [1.54, 1.807) is 0 Å². The summed E-state index contributed by atoms with van der Waals surface area (Å²) >= 11 is 1.88. The number of para-hydroxylation sites is 1. The quantitative estimate of drug-likeness (QED) is 0.131. The number of aliphatic imine (C=N–C) groups is 1. The van der Waals surface area contributed by atoms with Crippen molar-refractivity contribution in [1.82, 2.24) is 14.8 Å². The number of nitrogens with one attached hydrogen (secondary N) is 1. The van der Waals surface area contributed by atoms with Crippen LogP contribution in [-0.4, -0.2) is 29.4 Å². The second-order valence-electron chi connectivity index (χ2n) is 10.1. The molecule has 0 bridgehead atoms. The van der Waals surface area contributed by atoms with Crippen LogP contribution in [0.25, 0.3) is 42.0 Å². The molecule has 4 nitrogen and oxygen atoms in total. The van der Waals surface area contributed by atoms with E-state index in [0.29, 0.717) is 6.54 Å². The minimum atomic E-state index is -0.173. The van der Waals surface area contributed by atoms with Crippen LogP contribution in [0, 0.1) is 0 Å². The second kappa shape index (κ2) is 10.3. The first-order valence-corrected chi connectivity index (χ1v) is 14.4. The molecule has 0 aliphatic rings. The highest BCUT2D eigenvalue weighted by atomic mass is 32.1. The fourth-order valence-electron chi connectivity index (χ4n) is 5.87. The molecule has 1 unspecified atom stereocenters. The first-order valence-electron chi connectivity index (χ1n) is 13.6. The molecule has 2 aromatic heterocycles. The Labute approximate surface area is 237 Å². The Hall–Kier alpha value is -4.45. The number of hydrogen-bond donors (Lipinski definition) is 1. The van der Waals surface area contributed by atoms with Gasteiger partial charge < -0.3 is 9.47 Å². The Balaban J connectivity index is 1.46. The van der Waals surface area contributed by atoms with Gasteiger partial charge in [0.2, 0.25) is 0 Å². The molecular formula is C35H30N4S. The van der Waals surface area contributed by atoms with Crippen molar-refractivity contribution in [2.75, 3.05) is 14.1 Å². The molecular weight excluding hydrogens is 508 g/mol. The molecule has 1 atom stereocenters. The lowest BCUT2D eigenvalue weighted by atomic mass is 10.1. The lowest BCUT2D eigenvalue weighted by Gasteiger charge is -2.33. The Kier molecular flexibility index (Phi) is 6.31. The van der Waals surface area contributed by atoms with E-state index >= 15 is 0 Å². The van der Waals surface area contributed by atoms with E-state index < -0.39 is 0 Å². The van der Waals surface area contributed by atoms with Crippen LogP contribution in [0.4, 0.5) is 0 Å². The summed E-state index contributed by atoms with van der Waals surface area (Å²) in [5, 5.41) is 8.79. The van der Waals surface area contributed by atoms with E-state index in [4.69, 9.17) is 4.99 Å². The summed E-state index contributed by atoms with van der Waals surface area (Å²) in [6, 6.07) is 43.0. The summed E-state index contributed by atoms with van der Waals surface area (Å²) in [6.07, 6.45) is -0.173. The summed E-state index contributed by atoms with van der Waals surface area (Å²) in [4.78, 5) is 7.47. The number of nitrogens with zero attached hydrogens (tertiary/aromatic N) is 3. The molecule has 2 heterocycles. The molecule has 0 saturated carbocycles. The van der Waals surface area contributed by atoms with Crippen molar-refractivity contribution in [3.8, 4) is 0 Å². The number of benzene rings is 5. The van der Waals surface area contributed by atoms with Crippen LogP contribution in [0.1, 0.15) is 17.4 Å². The third-order valence-electron chi connectivity index (χ3n) is 7.71. The van der Waals surface area contributed by atoms with Gasteiger partial charge in [-0.3, -0.25) is 10.3 Å². The predicted octanol–water partition coefficient (Wildman–Crippen LogP) is 8.42. The molecule has 0 aliphatic carbocycles. The average Bonchev–Trinajstić information content (AvgIpc) is 3.55. The first kappa shape index (κ1) is 24.6. The van der Waals surface area contributed by atoms with E-state index in [2.05, 4.69) is 137 Å². The maximum Gasteiger partial charge on any atom is 0.163 e. The molecule has 7 rings (SSSR count). The van der Waals surface area contributed by atoms with Crippen LogP contribution in [0.3, 0.4) is 0 Å². The van der Waals surface area contributed by atoms with Crippen molar-refractivity contribution in [2.45, 2.75) is 12.8 Å². The largest absolute Gasteiger partial charge is 0.326 e. The standard InChI is InChI=1S/C35H30N4S/c1-36-35(38(2)34(25-15-7-4-8-16-25)37-23-24-13-5-3-6-14-24)39-30-19-11-9-17-26(30)28-21-22-29-27-18-10-12-20-31(27)40-33(29)32(28)39/h3-22,35-36H,23H2,1-2H3/b37-34-. The zero-order valence-corrected chi connectivity index (χ0v) is 23.4. The van der Waals surface area contributed by atoms with Gasteiger partial charge in [0.1, 0.15) is 5.84 Å². The Bertz CT molecular complexity index is 1990. The van der Waals surface area contributed by atoms with Gasteiger partial charge in [0.25, 0.3) is 0 Å². The van der Waals surface area contributed by atoms with Gasteiger partial charge >= 0.3 is 0 Å². The maximum absolute atomic E-state index is 5.19. The lowest BCUT2D eigenvalue weighted by Crippen LogP contribution is -2.42. The molecule has 0 saturated heterocycles. The van der Waals surface area contributed by atoms with Crippen LogP contribution in [-0.2, 0) is 6.54 Å². The van der Waals surface area contributed by atoms with E-state index in [1.807, 2.05) is 24.5 Å². The smallest absolute Gasteiger partial charge is 0.163 e. The summed E-state index contributed by atoms with van der Waals surface area (Å²) in [5.74, 6) is 0.943. The van der Waals surface area contributed by atoms with Crippen molar-refractivity contribution >= 4 is 59.2 Å². The highest BCUT2D eigenvalue weighted by Crippen LogP contribution is 2.42. The fourth-order valence-corrected chi connectivity index (χ4v) is 7.12. The number of aromatic nitrogens is 1. The number of fused-ring (bicyclic) bond motifs is 7. The third kappa shape index (κ3) is 4.06. The van der Waals surface area contributed by atoms with E-state index in [9.17, 15) is 0 Å². The van der Waals surface area contributed by atoms with Crippen molar-refractivity contribution < 1.29 is 0 Å². The number of thiophene rings is 1. The molecule has 0 spiro atoms. The second-order valence-corrected chi connectivity index (χ2v) is 11.1. The van der Waals surface area contributed by atoms with Gasteiger partial charge in [0.05, 0.1) is 22.3 Å². The van der Waals surface area contributed by atoms with Crippen molar-refractivity contribution in [1.29, 1.82) is 0 Å². The molecule has 0 aliphatic heterocycles. The normalized spacial score (nSPS) is 13.0. The summed E-state index contributed by atoms with van der Waals surface area (Å²) in [6.45, 7) is 0.611. The monoisotopic (exact) mass is 538 g/mol. The van der Waals surface area contributed by atoms with Crippen LogP contribution >= 0.6 is 11.3 Å². The first-order chi connectivity index (χ1) is 19.7. The average molecular weight is 539 g/mol. The summed E-state index contributed by atoms with van der Waals surface area (Å²) in [5.41, 5.74) is 4.73. The molecule has 5 aromatic carbocycles.